The lowest BCUT2D eigenvalue weighted by atomic mass is 10.0. The van der Waals surface area contributed by atoms with Gasteiger partial charge in [0.05, 0.1) is 0 Å². The number of alkyl halides is 2. The van der Waals surface area contributed by atoms with E-state index in [1.807, 2.05) is 0 Å². The van der Waals surface area contributed by atoms with Crippen LogP contribution in [-0.2, 0) is 0 Å². The quantitative estimate of drug-likeness (QED) is 0.538. The van der Waals surface area contributed by atoms with Crippen molar-refractivity contribution in [3.8, 4) is 0 Å². The van der Waals surface area contributed by atoms with Crippen LogP contribution in [-0.4, -0.2) is 10.2 Å². The van der Waals surface area contributed by atoms with Crippen molar-refractivity contribution in [2.45, 2.75) is 29.5 Å². The topological polar surface area (TPSA) is 0 Å². The van der Waals surface area contributed by atoms with Crippen LogP contribution in [0.15, 0.2) is 0 Å². The molecule has 0 unspecified atom stereocenters. The van der Waals surface area contributed by atoms with Crippen molar-refractivity contribution >= 4 is 27.5 Å². The molecule has 0 aliphatic heterocycles. The molecule has 0 amide bonds. The summed E-state index contributed by atoms with van der Waals surface area (Å²) in [6, 6.07) is 0. The molecule has 2 aliphatic rings. The summed E-state index contributed by atoms with van der Waals surface area (Å²) in [5.41, 5.74) is 0. The Bertz CT molecular complexity index is 126. The fraction of sp³-hybridized carbons (Fsp3) is 1.00. The van der Waals surface area contributed by atoms with E-state index >= 15 is 0 Å². The van der Waals surface area contributed by atoms with Crippen molar-refractivity contribution < 1.29 is 0 Å². The Kier molecular flexibility index (Phi) is 1.53. The van der Waals surface area contributed by atoms with Gasteiger partial charge in [-0.2, -0.15) is 0 Å². The van der Waals surface area contributed by atoms with Gasteiger partial charge in [-0.25, -0.2) is 0 Å². The standard InChI is InChI=1S/C7H10BrCl/c8-6-3-4-1-2-5(6)7(4)9/h4-7H,1-3H2/t4-,5+,6-,7-/m1/s1. The van der Waals surface area contributed by atoms with Gasteiger partial charge in [0.2, 0.25) is 0 Å². The molecule has 4 atom stereocenters. The maximum Gasteiger partial charge on any atom is 0.0403 e. The van der Waals surface area contributed by atoms with Crippen molar-refractivity contribution in [2.24, 2.45) is 11.8 Å². The monoisotopic (exact) mass is 208 g/mol. The van der Waals surface area contributed by atoms with Gasteiger partial charge in [0.15, 0.2) is 0 Å². The fourth-order valence-electron chi connectivity index (χ4n) is 2.17. The van der Waals surface area contributed by atoms with E-state index in [0.29, 0.717) is 5.38 Å². The van der Waals surface area contributed by atoms with E-state index in [0.717, 1.165) is 16.7 Å². The summed E-state index contributed by atoms with van der Waals surface area (Å²) in [7, 11) is 0. The first-order valence-electron chi connectivity index (χ1n) is 3.57. The summed E-state index contributed by atoms with van der Waals surface area (Å²) < 4.78 is 0. The highest BCUT2D eigenvalue weighted by Crippen LogP contribution is 2.50. The highest BCUT2D eigenvalue weighted by atomic mass is 79.9. The minimum Gasteiger partial charge on any atom is -0.122 e. The molecule has 0 aromatic carbocycles. The van der Waals surface area contributed by atoms with Gasteiger partial charge in [-0.3, -0.25) is 0 Å². The summed E-state index contributed by atoms with van der Waals surface area (Å²) in [5, 5.41) is 0.495. The lowest BCUT2D eigenvalue weighted by molar-refractivity contribution is 0.497. The van der Waals surface area contributed by atoms with E-state index in [4.69, 9.17) is 11.6 Å². The summed E-state index contributed by atoms with van der Waals surface area (Å²) in [4.78, 5) is 0.735. The van der Waals surface area contributed by atoms with Crippen LogP contribution in [0.3, 0.4) is 0 Å². The summed E-state index contributed by atoms with van der Waals surface area (Å²) >= 11 is 9.79. The molecule has 0 aromatic rings. The molecule has 0 heterocycles. The maximum atomic E-state index is 6.14. The molecule has 0 nitrogen and oxygen atoms in total. The van der Waals surface area contributed by atoms with Gasteiger partial charge in [0, 0.05) is 10.2 Å². The Hall–Kier alpha value is 0.770. The van der Waals surface area contributed by atoms with Crippen LogP contribution in [0.25, 0.3) is 0 Å². The third-order valence-corrected chi connectivity index (χ3v) is 4.46. The molecular formula is C7H10BrCl. The largest absolute Gasteiger partial charge is 0.122 e. The first-order chi connectivity index (χ1) is 4.29. The highest BCUT2D eigenvalue weighted by Gasteiger charge is 2.45. The van der Waals surface area contributed by atoms with E-state index in [2.05, 4.69) is 15.9 Å². The van der Waals surface area contributed by atoms with Crippen LogP contribution in [0.2, 0.25) is 0 Å². The molecule has 0 radical (unpaired) electrons. The smallest absolute Gasteiger partial charge is 0.0403 e. The molecule has 2 aliphatic carbocycles. The molecule has 2 saturated carbocycles. The Morgan fingerprint density at radius 2 is 2.11 bits per heavy atom. The number of halogens is 2. The van der Waals surface area contributed by atoms with Crippen molar-refractivity contribution in [2.75, 3.05) is 0 Å². The Morgan fingerprint density at radius 3 is 2.33 bits per heavy atom. The molecule has 52 valence electrons. The van der Waals surface area contributed by atoms with Crippen LogP contribution in [0.5, 0.6) is 0 Å². The summed E-state index contributed by atoms with van der Waals surface area (Å²) in [6.45, 7) is 0. The Morgan fingerprint density at radius 1 is 1.33 bits per heavy atom. The van der Waals surface area contributed by atoms with Gasteiger partial charge < -0.3 is 0 Å². The van der Waals surface area contributed by atoms with Crippen molar-refractivity contribution in [1.82, 2.24) is 0 Å². The van der Waals surface area contributed by atoms with Crippen LogP contribution in [0.1, 0.15) is 19.3 Å². The Labute approximate surface area is 69.1 Å². The summed E-state index contributed by atoms with van der Waals surface area (Å²) in [6.07, 6.45) is 4.05. The second-order valence-corrected chi connectivity index (χ2v) is 4.88. The summed E-state index contributed by atoms with van der Waals surface area (Å²) in [5.74, 6) is 1.62. The van der Waals surface area contributed by atoms with Crippen LogP contribution >= 0.6 is 27.5 Å². The molecule has 0 saturated heterocycles. The van der Waals surface area contributed by atoms with E-state index in [1.165, 1.54) is 19.3 Å². The predicted molar refractivity (Wildman–Crippen MR) is 43.2 cm³/mol. The number of hydrogen-bond acceptors (Lipinski definition) is 0. The first kappa shape index (κ1) is 6.48. The minimum absolute atomic E-state index is 0.495. The third-order valence-electron chi connectivity index (χ3n) is 2.72. The molecule has 0 aromatic heterocycles. The molecule has 9 heavy (non-hydrogen) atoms. The van der Waals surface area contributed by atoms with Crippen molar-refractivity contribution in [3.05, 3.63) is 0 Å². The number of hydrogen-bond donors (Lipinski definition) is 0. The highest BCUT2D eigenvalue weighted by molar-refractivity contribution is 9.09. The number of rotatable bonds is 0. The molecule has 0 N–H and O–H groups in total. The van der Waals surface area contributed by atoms with E-state index in [9.17, 15) is 0 Å². The predicted octanol–water partition coefficient (Wildman–Crippen LogP) is 2.79. The maximum absolute atomic E-state index is 6.14. The van der Waals surface area contributed by atoms with E-state index < -0.39 is 0 Å². The molecule has 2 rings (SSSR count). The van der Waals surface area contributed by atoms with Gasteiger partial charge in [0.1, 0.15) is 0 Å². The number of fused-ring (bicyclic) bond motifs is 2. The lowest BCUT2D eigenvalue weighted by Crippen LogP contribution is -2.10. The Balaban J connectivity index is 2.16. The second-order valence-electron chi connectivity index (χ2n) is 3.20. The molecular weight excluding hydrogens is 199 g/mol. The molecule has 2 fully saturated rings. The van der Waals surface area contributed by atoms with Crippen molar-refractivity contribution in [3.63, 3.8) is 0 Å². The molecule has 2 heteroatoms. The van der Waals surface area contributed by atoms with Gasteiger partial charge in [-0.15, -0.1) is 11.6 Å². The van der Waals surface area contributed by atoms with Gasteiger partial charge in [0.25, 0.3) is 0 Å². The zero-order valence-corrected chi connectivity index (χ0v) is 7.53. The normalized spacial score (nSPS) is 56.7. The van der Waals surface area contributed by atoms with Gasteiger partial charge in [-0.1, -0.05) is 15.9 Å². The van der Waals surface area contributed by atoms with Gasteiger partial charge >= 0.3 is 0 Å². The fourth-order valence-corrected chi connectivity index (χ4v) is 3.95. The van der Waals surface area contributed by atoms with E-state index in [1.54, 1.807) is 0 Å². The van der Waals surface area contributed by atoms with Gasteiger partial charge in [-0.05, 0) is 31.1 Å². The van der Waals surface area contributed by atoms with Crippen molar-refractivity contribution in [1.29, 1.82) is 0 Å². The first-order valence-corrected chi connectivity index (χ1v) is 4.92. The third kappa shape index (κ3) is 0.848. The van der Waals surface area contributed by atoms with Crippen LogP contribution in [0, 0.1) is 11.8 Å². The van der Waals surface area contributed by atoms with Crippen LogP contribution < -0.4 is 0 Å². The van der Waals surface area contributed by atoms with Crippen LogP contribution in [0.4, 0.5) is 0 Å². The lowest BCUT2D eigenvalue weighted by Gasteiger charge is -2.13. The molecule has 2 bridgehead atoms. The van der Waals surface area contributed by atoms with E-state index in [-0.39, 0.29) is 0 Å². The zero-order chi connectivity index (χ0) is 6.43. The zero-order valence-electron chi connectivity index (χ0n) is 5.19. The second kappa shape index (κ2) is 2.13. The SMILES string of the molecule is Cl[C@@H]1[C@@H]2CC[C@H]1[C@H](Br)C2. The minimum atomic E-state index is 0.495. The molecule has 0 spiro atoms. The average molecular weight is 210 g/mol. The average Bonchev–Trinajstić information content (AvgIpc) is 2.25.